The minimum atomic E-state index is -0.429. The molecule has 0 aromatic heterocycles. The molecule has 0 aliphatic rings. The minimum absolute atomic E-state index is 0.0101. The van der Waals surface area contributed by atoms with Gasteiger partial charge in [-0.25, -0.2) is 4.79 Å². The molecule has 120 valence electrons. The second-order valence-corrected chi connectivity index (χ2v) is 7.27. The molecule has 23 heavy (non-hydrogen) atoms. The van der Waals surface area contributed by atoms with Crippen LogP contribution >= 0.6 is 15.9 Å². The average molecular weight is 375 g/mol. The van der Waals surface area contributed by atoms with E-state index in [4.69, 9.17) is 4.74 Å². The monoisotopic (exact) mass is 374 g/mol. The minimum Gasteiger partial charge on any atom is -0.423 e. The summed E-state index contributed by atoms with van der Waals surface area (Å²) in [5.74, 6) is -0.0395. The molecule has 0 spiro atoms. The van der Waals surface area contributed by atoms with Crippen LogP contribution < -0.4 is 4.74 Å². The molecule has 2 aromatic carbocycles. The molecule has 0 unspecified atom stereocenters. The highest BCUT2D eigenvalue weighted by Gasteiger charge is 2.19. The van der Waals surface area contributed by atoms with Gasteiger partial charge < -0.3 is 4.74 Å². The van der Waals surface area contributed by atoms with Crippen molar-refractivity contribution < 1.29 is 14.3 Å². The van der Waals surface area contributed by atoms with Gasteiger partial charge in [0.05, 0.1) is 5.56 Å². The lowest BCUT2D eigenvalue weighted by molar-refractivity contribution is 0.0734. The van der Waals surface area contributed by atoms with Crippen molar-refractivity contribution in [1.29, 1.82) is 0 Å². The van der Waals surface area contributed by atoms with Crippen molar-refractivity contribution >= 4 is 27.7 Å². The first-order chi connectivity index (χ1) is 10.7. The Morgan fingerprint density at radius 1 is 0.957 bits per heavy atom. The first kappa shape index (κ1) is 17.4. The van der Waals surface area contributed by atoms with Gasteiger partial charge in [-0.3, -0.25) is 4.79 Å². The van der Waals surface area contributed by atoms with Gasteiger partial charge in [0.2, 0.25) is 0 Å². The maximum Gasteiger partial charge on any atom is 0.343 e. The van der Waals surface area contributed by atoms with Gasteiger partial charge in [-0.2, -0.15) is 0 Å². The van der Waals surface area contributed by atoms with Crippen LogP contribution in [-0.4, -0.2) is 11.8 Å². The van der Waals surface area contributed by atoms with Crippen LogP contribution in [0.5, 0.6) is 5.75 Å². The summed E-state index contributed by atoms with van der Waals surface area (Å²) >= 11 is 3.52. The Labute approximate surface area is 144 Å². The summed E-state index contributed by atoms with van der Waals surface area (Å²) in [6.07, 6.45) is 0. The smallest absolute Gasteiger partial charge is 0.343 e. The SMILES string of the molecule is CC(=O)c1ccc(OC(=O)c2ccc(C(C)(C)C)c(Br)c2)cc1. The molecule has 0 atom stereocenters. The van der Waals surface area contributed by atoms with Crippen molar-refractivity contribution in [3.05, 3.63) is 63.6 Å². The Morgan fingerprint density at radius 3 is 2.00 bits per heavy atom. The fraction of sp³-hybridized carbons (Fsp3) is 0.263. The van der Waals surface area contributed by atoms with Crippen LogP contribution in [0, 0.1) is 0 Å². The Balaban J connectivity index is 2.18. The normalized spacial score (nSPS) is 11.2. The third-order valence-electron chi connectivity index (χ3n) is 3.48. The van der Waals surface area contributed by atoms with Gasteiger partial charge in [0.25, 0.3) is 0 Å². The molecule has 0 amide bonds. The number of carbonyl (C=O) groups is 2. The molecule has 0 aliphatic carbocycles. The fourth-order valence-corrected chi connectivity index (χ4v) is 3.15. The predicted molar refractivity (Wildman–Crippen MR) is 94.2 cm³/mol. The van der Waals surface area contributed by atoms with Crippen molar-refractivity contribution in [2.24, 2.45) is 0 Å². The zero-order valence-electron chi connectivity index (χ0n) is 13.6. The zero-order chi connectivity index (χ0) is 17.2. The van der Waals surface area contributed by atoms with Gasteiger partial charge in [-0.05, 0) is 54.3 Å². The number of hydrogen-bond donors (Lipinski definition) is 0. The molecule has 4 heteroatoms. The highest BCUT2D eigenvalue weighted by Crippen LogP contribution is 2.30. The summed E-state index contributed by atoms with van der Waals surface area (Å²) < 4.78 is 6.23. The second-order valence-electron chi connectivity index (χ2n) is 6.41. The fourth-order valence-electron chi connectivity index (χ4n) is 2.17. The van der Waals surface area contributed by atoms with E-state index in [1.807, 2.05) is 6.07 Å². The maximum absolute atomic E-state index is 12.2. The molecule has 3 nitrogen and oxygen atoms in total. The number of esters is 1. The Kier molecular flexibility index (Phi) is 5.05. The summed E-state index contributed by atoms with van der Waals surface area (Å²) in [7, 11) is 0. The average Bonchev–Trinajstić information content (AvgIpc) is 2.46. The molecule has 0 fully saturated rings. The number of carbonyl (C=O) groups excluding carboxylic acids is 2. The van der Waals surface area contributed by atoms with Crippen LogP contribution in [-0.2, 0) is 5.41 Å². The van der Waals surface area contributed by atoms with E-state index in [-0.39, 0.29) is 11.2 Å². The van der Waals surface area contributed by atoms with Crippen LogP contribution in [0.2, 0.25) is 0 Å². The molecule has 2 aromatic rings. The first-order valence-corrected chi connectivity index (χ1v) is 8.11. The van der Waals surface area contributed by atoms with Gasteiger partial charge in [-0.15, -0.1) is 0 Å². The second kappa shape index (κ2) is 6.67. The van der Waals surface area contributed by atoms with E-state index in [9.17, 15) is 9.59 Å². The third kappa shape index (κ3) is 4.29. The number of ether oxygens (including phenoxy) is 1. The largest absolute Gasteiger partial charge is 0.423 e. The number of rotatable bonds is 3. The number of halogens is 1. The number of benzene rings is 2. The third-order valence-corrected chi connectivity index (χ3v) is 4.14. The predicted octanol–water partition coefficient (Wildman–Crippen LogP) is 5.17. The van der Waals surface area contributed by atoms with Crippen molar-refractivity contribution in [2.45, 2.75) is 33.1 Å². The van der Waals surface area contributed by atoms with E-state index in [0.717, 1.165) is 10.0 Å². The van der Waals surface area contributed by atoms with Crippen molar-refractivity contribution in [2.75, 3.05) is 0 Å². The summed E-state index contributed by atoms with van der Waals surface area (Å²) in [4.78, 5) is 23.5. The molecule has 0 N–H and O–H groups in total. The summed E-state index contributed by atoms with van der Waals surface area (Å²) in [5.41, 5.74) is 2.17. The first-order valence-electron chi connectivity index (χ1n) is 7.31. The van der Waals surface area contributed by atoms with E-state index in [1.165, 1.54) is 6.92 Å². The van der Waals surface area contributed by atoms with Crippen molar-refractivity contribution in [3.63, 3.8) is 0 Å². The lowest BCUT2D eigenvalue weighted by Crippen LogP contribution is -2.14. The Bertz CT molecular complexity index is 740. The molecule has 0 radical (unpaired) electrons. The van der Waals surface area contributed by atoms with Gasteiger partial charge >= 0.3 is 5.97 Å². The highest BCUT2D eigenvalue weighted by molar-refractivity contribution is 9.10. The molecule has 0 aliphatic heterocycles. The molecular weight excluding hydrogens is 356 g/mol. The van der Waals surface area contributed by atoms with E-state index in [0.29, 0.717) is 16.9 Å². The summed E-state index contributed by atoms with van der Waals surface area (Å²) in [6, 6.07) is 12.0. The number of hydrogen-bond acceptors (Lipinski definition) is 3. The molecular formula is C19H19BrO3. The number of Topliss-reactive ketones (excluding diaryl/α,β-unsaturated/α-hetero) is 1. The van der Waals surface area contributed by atoms with Crippen LogP contribution in [0.4, 0.5) is 0 Å². The molecule has 0 bridgehead atoms. The van der Waals surface area contributed by atoms with E-state index >= 15 is 0 Å². The Hall–Kier alpha value is -1.94. The quantitative estimate of drug-likeness (QED) is 0.422. The molecule has 2 rings (SSSR count). The highest BCUT2D eigenvalue weighted by atomic mass is 79.9. The van der Waals surface area contributed by atoms with Gasteiger partial charge in [-0.1, -0.05) is 42.8 Å². The van der Waals surface area contributed by atoms with E-state index in [1.54, 1.807) is 36.4 Å². The summed E-state index contributed by atoms with van der Waals surface area (Å²) in [6.45, 7) is 7.83. The lowest BCUT2D eigenvalue weighted by Gasteiger charge is -2.21. The number of ketones is 1. The molecule has 0 saturated carbocycles. The van der Waals surface area contributed by atoms with E-state index < -0.39 is 5.97 Å². The zero-order valence-corrected chi connectivity index (χ0v) is 15.2. The van der Waals surface area contributed by atoms with Crippen LogP contribution in [0.3, 0.4) is 0 Å². The van der Waals surface area contributed by atoms with E-state index in [2.05, 4.69) is 36.7 Å². The van der Waals surface area contributed by atoms with Crippen LogP contribution in [0.25, 0.3) is 0 Å². The Morgan fingerprint density at radius 2 is 1.52 bits per heavy atom. The van der Waals surface area contributed by atoms with Crippen molar-refractivity contribution in [3.8, 4) is 5.75 Å². The van der Waals surface area contributed by atoms with Crippen molar-refractivity contribution in [1.82, 2.24) is 0 Å². The molecule has 0 saturated heterocycles. The summed E-state index contributed by atoms with van der Waals surface area (Å²) in [5, 5.41) is 0. The topological polar surface area (TPSA) is 43.4 Å². The van der Waals surface area contributed by atoms with Crippen LogP contribution in [0.1, 0.15) is 54.0 Å². The van der Waals surface area contributed by atoms with Gasteiger partial charge in [0, 0.05) is 10.0 Å². The van der Waals surface area contributed by atoms with Gasteiger partial charge in [0.1, 0.15) is 5.75 Å². The van der Waals surface area contributed by atoms with Crippen LogP contribution in [0.15, 0.2) is 46.9 Å². The van der Waals surface area contributed by atoms with Gasteiger partial charge in [0.15, 0.2) is 5.78 Å². The standard InChI is InChI=1S/C19H19BrO3/c1-12(21)13-5-8-15(9-6-13)23-18(22)14-7-10-16(17(20)11-14)19(2,3)4/h5-11H,1-4H3. The maximum atomic E-state index is 12.2. The lowest BCUT2D eigenvalue weighted by atomic mass is 9.86. The molecule has 0 heterocycles.